The summed E-state index contributed by atoms with van der Waals surface area (Å²) in [6, 6.07) is 3.45. The molecule has 1 N–H and O–H groups in total. The van der Waals surface area contributed by atoms with Crippen molar-refractivity contribution in [3.63, 3.8) is 0 Å². The van der Waals surface area contributed by atoms with Crippen LogP contribution in [0.2, 0.25) is 5.02 Å². The van der Waals surface area contributed by atoms with E-state index in [0.717, 1.165) is 37.9 Å². The molecule has 1 nitrogen and oxygen atoms in total. The summed E-state index contributed by atoms with van der Waals surface area (Å²) < 4.78 is 37.8. The van der Waals surface area contributed by atoms with Gasteiger partial charge in [0.2, 0.25) is 0 Å². The van der Waals surface area contributed by atoms with Crippen LogP contribution in [0, 0.1) is 0 Å². The smallest absolute Gasteiger partial charge is 0.310 e. The Morgan fingerprint density at radius 3 is 2.50 bits per heavy atom. The molecular weight excluding hydrogens is 286 g/mol. The van der Waals surface area contributed by atoms with E-state index < -0.39 is 11.7 Å². The number of piperidine rings is 1. The maximum atomic E-state index is 12.6. The van der Waals surface area contributed by atoms with Gasteiger partial charge in [0.15, 0.2) is 0 Å². The topological polar surface area (TPSA) is 12.0 Å². The van der Waals surface area contributed by atoms with Crippen molar-refractivity contribution < 1.29 is 13.2 Å². The monoisotopic (exact) mass is 299 g/mol. The molecular formula is C12H14Cl2F3N. The summed E-state index contributed by atoms with van der Waals surface area (Å²) in [4.78, 5) is 0. The van der Waals surface area contributed by atoms with Crippen molar-refractivity contribution in [2.24, 2.45) is 0 Å². The molecule has 6 heteroatoms. The molecule has 1 heterocycles. The largest absolute Gasteiger partial charge is 0.416 e. The van der Waals surface area contributed by atoms with Gasteiger partial charge < -0.3 is 5.32 Å². The van der Waals surface area contributed by atoms with Gasteiger partial charge in [0.1, 0.15) is 0 Å². The summed E-state index contributed by atoms with van der Waals surface area (Å²) in [5, 5.41) is 3.60. The first-order chi connectivity index (χ1) is 7.98. The summed E-state index contributed by atoms with van der Waals surface area (Å²) in [5.74, 6) is 0. The Bertz CT molecular complexity index is 401. The van der Waals surface area contributed by atoms with E-state index in [-0.39, 0.29) is 18.4 Å². The number of nitrogens with one attached hydrogen (secondary N) is 1. The van der Waals surface area contributed by atoms with E-state index in [1.165, 1.54) is 6.07 Å². The van der Waals surface area contributed by atoms with E-state index in [2.05, 4.69) is 5.32 Å². The highest BCUT2D eigenvalue weighted by molar-refractivity contribution is 6.31. The van der Waals surface area contributed by atoms with E-state index in [1.54, 1.807) is 0 Å². The Kier molecular flexibility index (Phi) is 5.32. The quantitative estimate of drug-likeness (QED) is 0.799. The molecule has 0 aromatic heterocycles. The number of benzene rings is 1. The molecule has 1 aliphatic rings. The van der Waals surface area contributed by atoms with Crippen molar-refractivity contribution in [1.82, 2.24) is 5.32 Å². The lowest BCUT2D eigenvalue weighted by Gasteiger charge is -2.25. The van der Waals surface area contributed by atoms with Gasteiger partial charge in [-0.25, -0.2) is 0 Å². The molecule has 0 amide bonds. The molecule has 1 atom stereocenters. The predicted molar refractivity (Wildman–Crippen MR) is 68.3 cm³/mol. The summed E-state index contributed by atoms with van der Waals surface area (Å²) >= 11 is 5.97. The molecule has 0 radical (unpaired) electrons. The number of hydrogen-bond donors (Lipinski definition) is 1. The molecule has 2 rings (SSSR count). The lowest BCUT2D eigenvalue weighted by atomic mass is 9.96. The number of rotatable bonds is 1. The van der Waals surface area contributed by atoms with E-state index in [9.17, 15) is 13.2 Å². The zero-order valence-electron chi connectivity index (χ0n) is 9.56. The minimum Gasteiger partial charge on any atom is -0.310 e. The van der Waals surface area contributed by atoms with Crippen LogP contribution in [0.5, 0.6) is 0 Å². The number of halogens is 5. The third kappa shape index (κ3) is 3.53. The third-order valence-corrected chi connectivity index (χ3v) is 3.35. The molecule has 1 aromatic rings. The van der Waals surface area contributed by atoms with Crippen molar-refractivity contribution in [3.8, 4) is 0 Å². The highest BCUT2D eigenvalue weighted by Gasteiger charge is 2.31. The molecule has 0 spiro atoms. The van der Waals surface area contributed by atoms with Crippen LogP contribution in [-0.2, 0) is 6.18 Å². The highest BCUT2D eigenvalue weighted by Crippen LogP contribution is 2.35. The lowest BCUT2D eigenvalue weighted by molar-refractivity contribution is -0.137. The first-order valence-corrected chi connectivity index (χ1v) is 5.96. The Hall–Kier alpha value is -0.450. The Morgan fingerprint density at radius 2 is 1.94 bits per heavy atom. The number of hydrogen-bond acceptors (Lipinski definition) is 1. The average Bonchev–Trinajstić information content (AvgIpc) is 2.29. The maximum absolute atomic E-state index is 12.6. The van der Waals surface area contributed by atoms with Crippen molar-refractivity contribution in [3.05, 3.63) is 34.3 Å². The molecule has 102 valence electrons. The van der Waals surface area contributed by atoms with E-state index >= 15 is 0 Å². The van der Waals surface area contributed by atoms with Crippen molar-refractivity contribution in [1.29, 1.82) is 0 Å². The van der Waals surface area contributed by atoms with Gasteiger partial charge in [0, 0.05) is 11.1 Å². The Balaban J connectivity index is 0.00000162. The second-order valence-electron chi connectivity index (χ2n) is 4.24. The first-order valence-electron chi connectivity index (χ1n) is 5.58. The minimum absolute atomic E-state index is 0. The van der Waals surface area contributed by atoms with Crippen LogP contribution in [0.3, 0.4) is 0 Å². The van der Waals surface area contributed by atoms with Crippen LogP contribution in [0.1, 0.15) is 36.4 Å². The van der Waals surface area contributed by atoms with Crippen molar-refractivity contribution >= 4 is 24.0 Å². The second kappa shape index (κ2) is 6.13. The third-order valence-electron chi connectivity index (χ3n) is 3.01. The summed E-state index contributed by atoms with van der Waals surface area (Å²) in [6.45, 7) is 0.831. The van der Waals surface area contributed by atoms with Gasteiger partial charge in [-0.1, -0.05) is 18.0 Å². The minimum atomic E-state index is -4.31. The maximum Gasteiger partial charge on any atom is 0.416 e. The summed E-state index contributed by atoms with van der Waals surface area (Å²) in [6.07, 6.45) is -1.40. The molecule has 0 saturated carbocycles. The number of alkyl halides is 3. The Labute approximate surface area is 115 Å². The lowest BCUT2D eigenvalue weighted by Crippen LogP contribution is -2.27. The average molecular weight is 300 g/mol. The van der Waals surface area contributed by atoms with Gasteiger partial charge in [0.05, 0.1) is 5.56 Å². The van der Waals surface area contributed by atoms with Gasteiger partial charge in [-0.3, -0.25) is 0 Å². The SMILES string of the molecule is Cl.FC(F)(F)c1ccc(Cl)c([C@@H]2CCCCN2)c1. The van der Waals surface area contributed by atoms with Crippen LogP contribution in [0.15, 0.2) is 18.2 Å². The molecule has 0 unspecified atom stereocenters. The van der Waals surface area contributed by atoms with Crippen LogP contribution < -0.4 is 5.32 Å². The zero-order valence-corrected chi connectivity index (χ0v) is 11.1. The summed E-state index contributed by atoms with van der Waals surface area (Å²) in [5.41, 5.74) is -0.0783. The zero-order chi connectivity index (χ0) is 12.5. The normalized spacial score (nSPS) is 20.3. The Morgan fingerprint density at radius 1 is 1.22 bits per heavy atom. The predicted octanol–water partition coefficient (Wildman–Crippen LogP) is 4.60. The van der Waals surface area contributed by atoms with Gasteiger partial charge in [-0.15, -0.1) is 12.4 Å². The standard InChI is InChI=1S/C12H13ClF3N.ClH/c13-10-5-4-8(12(14,15)16)7-9(10)11-3-1-2-6-17-11;/h4-5,7,11,17H,1-3,6H2;1H/t11-;/m0./s1. The fraction of sp³-hybridized carbons (Fsp3) is 0.500. The van der Waals surface area contributed by atoms with Crippen LogP contribution >= 0.6 is 24.0 Å². The molecule has 1 saturated heterocycles. The molecule has 1 aromatic carbocycles. The van der Waals surface area contributed by atoms with Gasteiger partial charge in [0.25, 0.3) is 0 Å². The van der Waals surface area contributed by atoms with Crippen LogP contribution in [0.25, 0.3) is 0 Å². The molecule has 1 fully saturated rings. The molecule has 1 aliphatic heterocycles. The molecule has 0 bridgehead atoms. The van der Waals surface area contributed by atoms with E-state index in [4.69, 9.17) is 11.6 Å². The van der Waals surface area contributed by atoms with Crippen molar-refractivity contribution in [2.45, 2.75) is 31.5 Å². The van der Waals surface area contributed by atoms with Gasteiger partial charge >= 0.3 is 6.18 Å². The van der Waals surface area contributed by atoms with E-state index in [1.807, 2.05) is 0 Å². The highest BCUT2D eigenvalue weighted by atomic mass is 35.5. The summed E-state index contributed by atoms with van der Waals surface area (Å²) in [7, 11) is 0. The van der Waals surface area contributed by atoms with Crippen LogP contribution in [0.4, 0.5) is 13.2 Å². The molecule has 18 heavy (non-hydrogen) atoms. The fourth-order valence-electron chi connectivity index (χ4n) is 2.10. The second-order valence-corrected chi connectivity index (χ2v) is 4.64. The molecule has 0 aliphatic carbocycles. The fourth-order valence-corrected chi connectivity index (χ4v) is 2.35. The van der Waals surface area contributed by atoms with Gasteiger partial charge in [-0.2, -0.15) is 13.2 Å². The van der Waals surface area contributed by atoms with E-state index in [0.29, 0.717) is 10.6 Å². The first kappa shape index (κ1) is 15.6. The van der Waals surface area contributed by atoms with Crippen LogP contribution in [-0.4, -0.2) is 6.54 Å². The van der Waals surface area contributed by atoms with Crippen molar-refractivity contribution in [2.75, 3.05) is 6.54 Å². The van der Waals surface area contributed by atoms with Gasteiger partial charge in [-0.05, 0) is 43.1 Å².